The van der Waals surface area contributed by atoms with Gasteiger partial charge in [-0.1, -0.05) is 17.7 Å². The zero-order chi connectivity index (χ0) is 15.9. The molecule has 4 nitrogen and oxygen atoms in total. The number of hydrogen-bond donors (Lipinski definition) is 2. The van der Waals surface area contributed by atoms with E-state index in [9.17, 15) is 9.90 Å². The number of carbonyl (C=O) groups excluding carboxylic acids is 1. The number of nitrogens with zero attached hydrogens (tertiary/aromatic N) is 1. The summed E-state index contributed by atoms with van der Waals surface area (Å²) in [5, 5.41) is 12.3. The maximum Gasteiger partial charge on any atom is 0.251 e. The number of aliphatic hydroxyl groups excluding tert-OH is 1. The largest absolute Gasteiger partial charge is 0.395 e. The predicted octanol–water partition coefficient (Wildman–Crippen LogP) is 2.27. The molecule has 0 radical (unpaired) electrons. The average Bonchev–Trinajstić information content (AvgIpc) is 2.96. The van der Waals surface area contributed by atoms with Gasteiger partial charge in [-0.25, -0.2) is 0 Å². The highest BCUT2D eigenvalue weighted by Crippen LogP contribution is 2.17. The van der Waals surface area contributed by atoms with E-state index >= 15 is 0 Å². The van der Waals surface area contributed by atoms with Crippen LogP contribution in [0.2, 0.25) is 0 Å². The molecular weight excluding hydrogens is 276 g/mol. The summed E-state index contributed by atoms with van der Waals surface area (Å²) in [5.74, 6) is 0.0237. The Morgan fingerprint density at radius 1 is 1.36 bits per heavy atom. The number of unbranched alkanes of at least 4 members (excludes halogenated alkanes) is 1. The third kappa shape index (κ3) is 4.55. The predicted molar refractivity (Wildman–Crippen MR) is 89.2 cm³/mol. The van der Waals surface area contributed by atoms with E-state index < -0.39 is 0 Å². The summed E-state index contributed by atoms with van der Waals surface area (Å²) in [5.41, 5.74) is 2.91. The number of carbonyl (C=O) groups is 1. The van der Waals surface area contributed by atoms with Crippen LogP contribution in [0.4, 0.5) is 0 Å². The standard InChI is InChI=1S/C18H28N2O2/c1-14-7-8-15(2)17(12-14)18(22)19-9-3-4-10-20-11-5-6-16(20)13-21/h7-8,12,16,21H,3-6,9-11,13H2,1-2H3,(H,19,22). The second kappa shape index (κ2) is 8.30. The van der Waals surface area contributed by atoms with E-state index in [-0.39, 0.29) is 12.5 Å². The Kier molecular flexibility index (Phi) is 6.40. The molecule has 2 N–H and O–H groups in total. The first-order chi connectivity index (χ1) is 10.6. The van der Waals surface area contributed by atoms with E-state index in [2.05, 4.69) is 10.2 Å². The fourth-order valence-corrected chi connectivity index (χ4v) is 3.11. The summed E-state index contributed by atoms with van der Waals surface area (Å²) < 4.78 is 0. The number of aliphatic hydroxyl groups is 1. The van der Waals surface area contributed by atoms with Crippen LogP contribution < -0.4 is 5.32 Å². The number of rotatable bonds is 7. The average molecular weight is 304 g/mol. The molecular formula is C18H28N2O2. The molecule has 1 aliphatic rings. The lowest BCUT2D eigenvalue weighted by Gasteiger charge is -2.22. The first-order valence-electron chi connectivity index (χ1n) is 8.32. The molecule has 1 aromatic rings. The summed E-state index contributed by atoms with van der Waals surface area (Å²) >= 11 is 0. The second-order valence-electron chi connectivity index (χ2n) is 6.30. The number of nitrogens with one attached hydrogen (secondary N) is 1. The minimum absolute atomic E-state index is 0.0237. The normalized spacial score (nSPS) is 18.6. The molecule has 1 aromatic carbocycles. The van der Waals surface area contributed by atoms with Crippen molar-refractivity contribution in [1.82, 2.24) is 10.2 Å². The Hall–Kier alpha value is -1.39. The van der Waals surface area contributed by atoms with Crippen molar-refractivity contribution >= 4 is 5.91 Å². The van der Waals surface area contributed by atoms with Gasteiger partial charge in [0, 0.05) is 18.2 Å². The van der Waals surface area contributed by atoms with E-state index in [1.54, 1.807) is 0 Å². The number of amides is 1. The molecule has 0 aliphatic carbocycles. The fourth-order valence-electron chi connectivity index (χ4n) is 3.11. The van der Waals surface area contributed by atoms with E-state index in [1.807, 2.05) is 32.0 Å². The molecule has 0 saturated carbocycles. The second-order valence-corrected chi connectivity index (χ2v) is 6.30. The molecule has 1 fully saturated rings. The SMILES string of the molecule is Cc1ccc(C)c(C(=O)NCCCCN2CCCC2CO)c1. The number of aryl methyl sites for hydroxylation is 2. The van der Waals surface area contributed by atoms with E-state index in [0.29, 0.717) is 12.6 Å². The molecule has 1 amide bonds. The van der Waals surface area contributed by atoms with Crippen molar-refractivity contribution in [3.05, 3.63) is 34.9 Å². The Labute approximate surface area is 133 Å². The molecule has 1 heterocycles. The van der Waals surface area contributed by atoms with Crippen molar-refractivity contribution in [3.63, 3.8) is 0 Å². The molecule has 1 unspecified atom stereocenters. The molecule has 2 rings (SSSR count). The van der Waals surface area contributed by atoms with E-state index in [0.717, 1.165) is 49.0 Å². The fraction of sp³-hybridized carbons (Fsp3) is 0.611. The van der Waals surface area contributed by atoms with Gasteiger partial charge in [-0.2, -0.15) is 0 Å². The van der Waals surface area contributed by atoms with E-state index in [1.165, 1.54) is 6.42 Å². The van der Waals surface area contributed by atoms with Crippen LogP contribution in [0.1, 0.15) is 47.2 Å². The highest BCUT2D eigenvalue weighted by molar-refractivity contribution is 5.95. The zero-order valence-corrected chi connectivity index (χ0v) is 13.8. The van der Waals surface area contributed by atoms with Crippen molar-refractivity contribution < 1.29 is 9.90 Å². The Balaban J connectivity index is 1.68. The molecule has 0 aromatic heterocycles. The van der Waals surface area contributed by atoms with Crippen molar-refractivity contribution in [2.24, 2.45) is 0 Å². The molecule has 0 spiro atoms. The van der Waals surface area contributed by atoms with Crippen LogP contribution >= 0.6 is 0 Å². The molecule has 122 valence electrons. The van der Waals surface area contributed by atoms with Crippen LogP contribution in [-0.4, -0.2) is 48.2 Å². The Morgan fingerprint density at radius 3 is 2.95 bits per heavy atom. The molecule has 1 aliphatic heterocycles. The van der Waals surface area contributed by atoms with Crippen LogP contribution in [0.15, 0.2) is 18.2 Å². The summed E-state index contributed by atoms with van der Waals surface area (Å²) in [7, 11) is 0. The van der Waals surface area contributed by atoms with Crippen LogP contribution in [-0.2, 0) is 0 Å². The highest BCUT2D eigenvalue weighted by atomic mass is 16.3. The molecule has 4 heteroatoms. The van der Waals surface area contributed by atoms with Crippen molar-refractivity contribution in [3.8, 4) is 0 Å². The third-order valence-electron chi connectivity index (χ3n) is 4.51. The number of hydrogen-bond acceptors (Lipinski definition) is 3. The van der Waals surface area contributed by atoms with Gasteiger partial charge in [0.05, 0.1) is 6.61 Å². The first-order valence-corrected chi connectivity index (χ1v) is 8.32. The van der Waals surface area contributed by atoms with Gasteiger partial charge in [-0.15, -0.1) is 0 Å². The third-order valence-corrected chi connectivity index (χ3v) is 4.51. The quantitative estimate of drug-likeness (QED) is 0.760. The topological polar surface area (TPSA) is 52.6 Å². The lowest BCUT2D eigenvalue weighted by Crippen LogP contribution is -2.33. The summed E-state index contributed by atoms with van der Waals surface area (Å²) in [6.07, 6.45) is 4.34. The van der Waals surface area contributed by atoms with Gasteiger partial charge >= 0.3 is 0 Å². The van der Waals surface area contributed by atoms with Gasteiger partial charge in [-0.3, -0.25) is 9.69 Å². The first kappa shape index (κ1) is 17.0. The molecule has 0 bridgehead atoms. The van der Waals surface area contributed by atoms with Crippen LogP contribution in [0, 0.1) is 13.8 Å². The van der Waals surface area contributed by atoms with Crippen LogP contribution in [0.3, 0.4) is 0 Å². The zero-order valence-electron chi connectivity index (χ0n) is 13.8. The lowest BCUT2D eigenvalue weighted by atomic mass is 10.1. The Morgan fingerprint density at radius 2 is 2.18 bits per heavy atom. The van der Waals surface area contributed by atoms with Gasteiger partial charge < -0.3 is 10.4 Å². The van der Waals surface area contributed by atoms with Crippen LogP contribution in [0.5, 0.6) is 0 Å². The summed E-state index contributed by atoms with van der Waals surface area (Å²) in [6, 6.07) is 6.32. The monoisotopic (exact) mass is 304 g/mol. The minimum atomic E-state index is 0.0237. The van der Waals surface area contributed by atoms with Crippen molar-refractivity contribution in [2.75, 3.05) is 26.2 Å². The molecule has 1 atom stereocenters. The van der Waals surface area contributed by atoms with Gasteiger partial charge in [0.25, 0.3) is 5.91 Å². The van der Waals surface area contributed by atoms with Crippen LogP contribution in [0.25, 0.3) is 0 Å². The Bertz CT molecular complexity index is 502. The maximum atomic E-state index is 12.2. The number of benzene rings is 1. The van der Waals surface area contributed by atoms with Gasteiger partial charge in [0.1, 0.15) is 0 Å². The summed E-state index contributed by atoms with van der Waals surface area (Å²) in [4.78, 5) is 14.5. The van der Waals surface area contributed by atoms with Gasteiger partial charge in [0.15, 0.2) is 0 Å². The van der Waals surface area contributed by atoms with E-state index in [4.69, 9.17) is 0 Å². The summed E-state index contributed by atoms with van der Waals surface area (Å²) in [6.45, 7) is 7.07. The van der Waals surface area contributed by atoms with Crippen molar-refractivity contribution in [2.45, 2.75) is 45.6 Å². The van der Waals surface area contributed by atoms with Gasteiger partial charge in [0.2, 0.25) is 0 Å². The molecule has 1 saturated heterocycles. The highest BCUT2D eigenvalue weighted by Gasteiger charge is 2.22. The van der Waals surface area contributed by atoms with Gasteiger partial charge in [-0.05, 0) is 64.3 Å². The lowest BCUT2D eigenvalue weighted by molar-refractivity contribution is 0.0951. The minimum Gasteiger partial charge on any atom is -0.395 e. The van der Waals surface area contributed by atoms with Crippen molar-refractivity contribution in [1.29, 1.82) is 0 Å². The maximum absolute atomic E-state index is 12.2. The number of likely N-dealkylation sites (tertiary alicyclic amines) is 1. The molecule has 22 heavy (non-hydrogen) atoms. The smallest absolute Gasteiger partial charge is 0.251 e.